The van der Waals surface area contributed by atoms with E-state index in [1.165, 1.54) is 33.5 Å². The van der Waals surface area contributed by atoms with Crippen LogP contribution in [0.5, 0.6) is 17.2 Å². The number of urea groups is 1. The van der Waals surface area contributed by atoms with E-state index < -0.39 is 24.5 Å². The summed E-state index contributed by atoms with van der Waals surface area (Å²) >= 11 is 0. The lowest BCUT2D eigenvalue weighted by Gasteiger charge is -2.15. The summed E-state index contributed by atoms with van der Waals surface area (Å²) in [5.74, 6) is -0.919. The number of hydrogen-bond acceptors (Lipinski definition) is 7. The van der Waals surface area contributed by atoms with Crippen molar-refractivity contribution < 1.29 is 33.3 Å². The molecule has 0 aromatic heterocycles. The van der Waals surface area contributed by atoms with E-state index in [0.29, 0.717) is 11.4 Å². The van der Waals surface area contributed by atoms with Crippen molar-refractivity contribution >= 4 is 23.6 Å². The predicted octanol–water partition coefficient (Wildman–Crippen LogP) is 2.83. The third-order valence-electron chi connectivity index (χ3n) is 4.36. The number of ether oxygens (including phenoxy) is 4. The summed E-state index contributed by atoms with van der Waals surface area (Å²) in [6, 6.07) is 7.62. The second kappa shape index (κ2) is 10.1. The monoisotopic (exact) mass is 416 g/mol. The summed E-state index contributed by atoms with van der Waals surface area (Å²) in [5, 5.41) is 4.69. The molecule has 9 heteroatoms. The zero-order valence-electron chi connectivity index (χ0n) is 17.5. The van der Waals surface area contributed by atoms with Gasteiger partial charge in [0, 0.05) is 5.69 Å². The van der Waals surface area contributed by atoms with Crippen LogP contribution in [0, 0.1) is 13.8 Å². The zero-order valence-corrected chi connectivity index (χ0v) is 17.5. The van der Waals surface area contributed by atoms with Gasteiger partial charge in [0.05, 0.1) is 21.3 Å². The first-order valence-electron chi connectivity index (χ1n) is 8.95. The number of rotatable bonds is 7. The molecule has 2 N–H and O–H groups in total. The van der Waals surface area contributed by atoms with Gasteiger partial charge in [-0.25, -0.2) is 9.59 Å². The molecule has 0 aliphatic heterocycles. The standard InChI is InChI=1S/C21H24N2O7/c1-12-7-6-8-15(13(12)2)22-21(26)23-17(24)11-30-20(25)14-9-10-16(27-3)19(29-5)18(14)28-4/h6-10H,11H2,1-5H3,(H2,22,23,24,26). The average molecular weight is 416 g/mol. The van der Waals surface area contributed by atoms with Crippen LogP contribution in [-0.2, 0) is 9.53 Å². The molecule has 0 atom stereocenters. The quantitative estimate of drug-likeness (QED) is 0.668. The van der Waals surface area contributed by atoms with Crippen molar-refractivity contribution in [2.24, 2.45) is 0 Å². The minimum Gasteiger partial charge on any atom is -0.493 e. The third kappa shape index (κ3) is 5.19. The van der Waals surface area contributed by atoms with Crippen molar-refractivity contribution in [3.8, 4) is 17.2 Å². The Balaban J connectivity index is 1.98. The maximum Gasteiger partial charge on any atom is 0.342 e. The summed E-state index contributed by atoms with van der Waals surface area (Å²) in [7, 11) is 4.21. The van der Waals surface area contributed by atoms with Crippen LogP contribution in [0.3, 0.4) is 0 Å². The van der Waals surface area contributed by atoms with E-state index in [4.69, 9.17) is 18.9 Å². The number of hydrogen-bond donors (Lipinski definition) is 2. The number of nitrogens with one attached hydrogen (secondary N) is 2. The van der Waals surface area contributed by atoms with Gasteiger partial charge in [0.1, 0.15) is 5.56 Å². The lowest BCUT2D eigenvalue weighted by molar-refractivity contribution is -0.123. The van der Waals surface area contributed by atoms with Gasteiger partial charge in [0.2, 0.25) is 5.75 Å². The Kier molecular flexibility index (Phi) is 7.62. The molecule has 0 aliphatic carbocycles. The van der Waals surface area contributed by atoms with Crippen molar-refractivity contribution in [2.45, 2.75) is 13.8 Å². The fourth-order valence-electron chi connectivity index (χ4n) is 2.67. The van der Waals surface area contributed by atoms with E-state index in [1.54, 1.807) is 12.1 Å². The van der Waals surface area contributed by atoms with Crippen LogP contribution in [0.2, 0.25) is 0 Å². The largest absolute Gasteiger partial charge is 0.493 e. The second-order valence-electron chi connectivity index (χ2n) is 6.21. The predicted molar refractivity (Wildman–Crippen MR) is 109 cm³/mol. The molecule has 0 unspecified atom stereocenters. The van der Waals surface area contributed by atoms with Crippen molar-refractivity contribution in [1.82, 2.24) is 5.32 Å². The van der Waals surface area contributed by atoms with Crippen LogP contribution < -0.4 is 24.8 Å². The molecule has 0 aliphatic rings. The summed E-state index contributed by atoms with van der Waals surface area (Å²) in [5.41, 5.74) is 2.50. The van der Waals surface area contributed by atoms with E-state index in [-0.39, 0.29) is 17.1 Å². The van der Waals surface area contributed by atoms with Crippen molar-refractivity contribution in [2.75, 3.05) is 33.3 Å². The van der Waals surface area contributed by atoms with Gasteiger partial charge >= 0.3 is 12.0 Å². The lowest BCUT2D eigenvalue weighted by Crippen LogP contribution is -2.37. The Morgan fingerprint density at radius 3 is 2.23 bits per heavy atom. The molecule has 160 valence electrons. The van der Waals surface area contributed by atoms with Gasteiger partial charge in [0.25, 0.3) is 5.91 Å². The zero-order chi connectivity index (χ0) is 22.3. The van der Waals surface area contributed by atoms with E-state index in [1.807, 2.05) is 19.9 Å². The molecule has 0 radical (unpaired) electrons. The molecule has 0 saturated heterocycles. The highest BCUT2D eigenvalue weighted by molar-refractivity contribution is 6.03. The summed E-state index contributed by atoms with van der Waals surface area (Å²) in [6.07, 6.45) is 0. The number of methoxy groups -OCH3 is 3. The van der Waals surface area contributed by atoms with Gasteiger partial charge in [0.15, 0.2) is 18.1 Å². The SMILES string of the molecule is COc1ccc(C(=O)OCC(=O)NC(=O)Nc2cccc(C)c2C)c(OC)c1OC. The number of carbonyl (C=O) groups is 3. The Morgan fingerprint density at radius 2 is 1.60 bits per heavy atom. The molecule has 2 rings (SSSR count). The van der Waals surface area contributed by atoms with E-state index in [2.05, 4.69) is 10.6 Å². The molecular formula is C21H24N2O7. The molecule has 0 fully saturated rings. The highest BCUT2D eigenvalue weighted by Gasteiger charge is 2.22. The lowest BCUT2D eigenvalue weighted by atomic mass is 10.1. The maximum absolute atomic E-state index is 12.4. The third-order valence-corrected chi connectivity index (χ3v) is 4.36. The number of amides is 3. The van der Waals surface area contributed by atoms with E-state index >= 15 is 0 Å². The first kappa shape index (κ1) is 22.5. The minimum absolute atomic E-state index is 0.0442. The van der Waals surface area contributed by atoms with Crippen molar-refractivity contribution in [3.63, 3.8) is 0 Å². The molecule has 0 spiro atoms. The fraction of sp³-hybridized carbons (Fsp3) is 0.286. The normalized spacial score (nSPS) is 10.0. The van der Waals surface area contributed by atoms with Crippen LogP contribution in [-0.4, -0.2) is 45.8 Å². The Labute approximate surface area is 174 Å². The van der Waals surface area contributed by atoms with Crippen LogP contribution in [0.25, 0.3) is 0 Å². The Bertz CT molecular complexity index is 957. The Morgan fingerprint density at radius 1 is 0.900 bits per heavy atom. The maximum atomic E-state index is 12.4. The summed E-state index contributed by atoms with van der Waals surface area (Å²) < 4.78 is 20.6. The molecule has 9 nitrogen and oxygen atoms in total. The molecule has 0 bridgehead atoms. The van der Waals surface area contributed by atoms with Gasteiger partial charge in [-0.1, -0.05) is 12.1 Å². The molecule has 30 heavy (non-hydrogen) atoms. The number of carbonyl (C=O) groups excluding carboxylic acids is 3. The topological polar surface area (TPSA) is 112 Å². The highest BCUT2D eigenvalue weighted by Crippen LogP contribution is 2.39. The van der Waals surface area contributed by atoms with E-state index in [0.717, 1.165) is 11.1 Å². The molecule has 0 heterocycles. The Hall–Kier alpha value is -3.75. The molecule has 2 aromatic rings. The minimum atomic E-state index is -0.821. The number of imide groups is 1. The first-order valence-corrected chi connectivity index (χ1v) is 8.95. The van der Waals surface area contributed by atoms with E-state index in [9.17, 15) is 14.4 Å². The summed E-state index contributed by atoms with van der Waals surface area (Å²) in [6.45, 7) is 3.10. The number of esters is 1. The summed E-state index contributed by atoms with van der Waals surface area (Å²) in [4.78, 5) is 36.4. The van der Waals surface area contributed by atoms with Crippen molar-refractivity contribution in [1.29, 1.82) is 0 Å². The van der Waals surface area contributed by atoms with Gasteiger partial charge in [-0.2, -0.15) is 0 Å². The van der Waals surface area contributed by atoms with Gasteiger partial charge in [-0.15, -0.1) is 0 Å². The molecular weight excluding hydrogens is 392 g/mol. The van der Waals surface area contributed by atoms with Crippen LogP contribution in [0.4, 0.5) is 10.5 Å². The molecule has 3 amide bonds. The van der Waals surface area contributed by atoms with Crippen LogP contribution in [0.15, 0.2) is 30.3 Å². The smallest absolute Gasteiger partial charge is 0.342 e. The van der Waals surface area contributed by atoms with Gasteiger partial charge in [-0.05, 0) is 43.2 Å². The number of benzene rings is 2. The second-order valence-corrected chi connectivity index (χ2v) is 6.21. The number of aryl methyl sites for hydroxylation is 1. The molecule has 2 aromatic carbocycles. The van der Waals surface area contributed by atoms with Gasteiger partial charge in [-0.3, -0.25) is 10.1 Å². The van der Waals surface area contributed by atoms with Gasteiger partial charge < -0.3 is 24.3 Å². The fourth-order valence-corrected chi connectivity index (χ4v) is 2.67. The highest BCUT2D eigenvalue weighted by atomic mass is 16.5. The van der Waals surface area contributed by atoms with Crippen LogP contribution >= 0.6 is 0 Å². The average Bonchev–Trinajstić information content (AvgIpc) is 2.73. The molecule has 0 saturated carbocycles. The first-order chi connectivity index (χ1) is 14.3. The number of anilines is 1. The van der Waals surface area contributed by atoms with Crippen molar-refractivity contribution in [3.05, 3.63) is 47.0 Å². The van der Waals surface area contributed by atoms with Crippen LogP contribution in [0.1, 0.15) is 21.5 Å².